The van der Waals surface area contributed by atoms with Gasteiger partial charge in [0.2, 0.25) is 0 Å². The molecule has 1 aliphatic heterocycles. The first-order chi connectivity index (χ1) is 10.3. The summed E-state index contributed by atoms with van der Waals surface area (Å²) < 4.78 is 5.77. The minimum absolute atomic E-state index is 0.0641. The molecule has 3 heterocycles. The summed E-state index contributed by atoms with van der Waals surface area (Å²) >= 11 is 3.20. The Morgan fingerprint density at radius 2 is 2.33 bits per heavy atom. The van der Waals surface area contributed by atoms with Crippen LogP contribution in [0.1, 0.15) is 29.8 Å². The lowest BCUT2D eigenvalue weighted by atomic mass is 10.1. The maximum absolute atomic E-state index is 12.7. The Labute approximate surface area is 131 Å². The van der Waals surface area contributed by atoms with Gasteiger partial charge in [0.25, 0.3) is 5.91 Å². The summed E-state index contributed by atoms with van der Waals surface area (Å²) in [5.74, 6) is 0.0641. The van der Waals surface area contributed by atoms with Gasteiger partial charge in [-0.1, -0.05) is 6.07 Å². The Bertz CT molecular complexity index is 638. The van der Waals surface area contributed by atoms with E-state index in [2.05, 4.69) is 4.98 Å². The third-order valence-corrected chi connectivity index (χ3v) is 6.08. The number of fused-ring (bicyclic) bond motifs is 1. The van der Waals surface area contributed by atoms with Gasteiger partial charge < -0.3 is 9.64 Å². The van der Waals surface area contributed by atoms with Crippen LogP contribution in [0.15, 0.2) is 22.9 Å². The summed E-state index contributed by atoms with van der Waals surface area (Å²) in [4.78, 5) is 20.4. The minimum Gasteiger partial charge on any atom is -0.374 e. The van der Waals surface area contributed by atoms with Crippen molar-refractivity contribution in [3.63, 3.8) is 0 Å². The van der Waals surface area contributed by atoms with Gasteiger partial charge in [-0.15, -0.1) is 22.7 Å². The van der Waals surface area contributed by atoms with Crippen molar-refractivity contribution in [1.29, 1.82) is 0 Å². The van der Waals surface area contributed by atoms with Crippen LogP contribution >= 0.6 is 22.7 Å². The van der Waals surface area contributed by atoms with E-state index in [0.717, 1.165) is 29.1 Å². The van der Waals surface area contributed by atoms with Gasteiger partial charge >= 0.3 is 0 Å². The van der Waals surface area contributed by atoms with Gasteiger partial charge in [-0.05, 0) is 30.7 Å². The zero-order chi connectivity index (χ0) is 14.2. The van der Waals surface area contributed by atoms with Crippen molar-refractivity contribution in [2.75, 3.05) is 13.2 Å². The Morgan fingerprint density at radius 1 is 1.38 bits per heavy atom. The van der Waals surface area contributed by atoms with E-state index in [-0.39, 0.29) is 18.1 Å². The van der Waals surface area contributed by atoms with E-state index in [1.165, 1.54) is 0 Å². The van der Waals surface area contributed by atoms with Crippen LogP contribution in [0.3, 0.4) is 0 Å². The molecule has 2 fully saturated rings. The first kappa shape index (κ1) is 13.4. The van der Waals surface area contributed by atoms with Crippen molar-refractivity contribution in [2.45, 2.75) is 31.4 Å². The summed E-state index contributed by atoms with van der Waals surface area (Å²) in [6, 6.07) is 4.30. The number of rotatable bonds is 2. The van der Waals surface area contributed by atoms with Crippen LogP contribution < -0.4 is 0 Å². The molecule has 21 heavy (non-hydrogen) atoms. The molecule has 0 bridgehead atoms. The molecule has 110 valence electrons. The van der Waals surface area contributed by atoms with Crippen LogP contribution in [-0.4, -0.2) is 41.1 Å². The third-order valence-electron chi connectivity index (χ3n) is 4.20. The predicted octanol–water partition coefficient (Wildman–Crippen LogP) is 3.27. The fourth-order valence-electron chi connectivity index (χ4n) is 3.21. The maximum atomic E-state index is 12.7. The van der Waals surface area contributed by atoms with Crippen molar-refractivity contribution in [2.24, 2.45) is 0 Å². The number of hydrogen-bond donors (Lipinski definition) is 0. The quantitative estimate of drug-likeness (QED) is 0.853. The number of morpholine rings is 1. The topological polar surface area (TPSA) is 42.4 Å². The zero-order valence-electron chi connectivity index (χ0n) is 11.5. The summed E-state index contributed by atoms with van der Waals surface area (Å²) in [6.07, 6.45) is 3.51. The van der Waals surface area contributed by atoms with Gasteiger partial charge in [0.05, 0.1) is 23.6 Å². The maximum Gasteiger partial charge on any atom is 0.273 e. The molecule has 1 aliphatic carbocycles. The first-order valence-corrected chi connectivity index (χ1v) is 9.01. The molecule has 0 radical (unpaired) electrons. The summed E-state index contributed by atoms with van der Waals surface area (Å²) in [6.45, 7) is 1.33. The second-order valence-corrected chi connectivity index (χ2v) is 7.23. The van der Waals surface area contributed by atoms with Crippen LogP contribution in [0.2, 0.25) is 0 Å². The van der Waals surface area contributed by atoms with E-state index in [1.54, 1.807) is 22.7 Å². The lowest BCUT2D eigenvalue weighted by molar-refractivity contribution is -0.0447. The van der Waals surface area contributed by atoms with Gasteiger partial charge in [-0.3, -0.25) is 4.79 Å². The number of nitrogens with zero attached hydrogens (tertiary/aromatic N) is 2. The molecule has 4 nitrogen and oxygen atoms in total. The van der Waals surface area contributed by atoms with Crippen LogP contribution in [0.5, 0.6) is 0 Å². The number of ether oxygens (including phenoxy) is 1. The second kappa shape index (κ2) is 5.51. The number of aromatic nitrogens is 1. The molecule has 1 amide bonds. The summed E-state index contributed by atoms with van der Waals surface area (Å²) in [5, 5.41) is 4.85. The van der Waals surface area contributed by atoms with Gasteiger partial charge in [-0.2, -0.15) is 0 Å². The van der Waals surface area contributed by atoms with Crippen molar-refractivity contribution < 1.29 is 9.53 Å². The molecule has 0 aromatic carbocycles. The Balaban J connectivity index is 1.57. The summed E-state index contributed by atoms with van der Waals surface area (Å²) in [7, 11) is 0. The Morgan fingerprint density at radius 3 is 3.19 bits per heavy atom. The average molecular weight is 320 g/mol. The highest BCUT2D eigenvalue weighted by Gasteiger charge is 2.39. The third kappa shape index (κ3) is 2.41. The molecule has 6 heteroatoms. The van der Waals surface area contributed by atoms with Crippen molar-refractivity contribution in [1.82, 2.24) is 9.88 Å². The molecule has 2 aromatic heterocycles. The van der Waals surface area contributed by atoms with E-state index in [9.17, 15) is 4.79 Å². The van der Waals surface area contributed by atoms with Gasteiger partial charge in [0.1, 0.15) is 10.7 Å². The number of carbonyl (C=O) groups is 1. The smallest absolute Gasteiger partial charge is 0.273 e. The molecule has 1 saturated carbocycles. The molecule has 0 unspecified atom stereocenters. The van der Waals surface area contributed by atoms with Crippen LogP contribution in [0, 0.1) is 0 Å². The highest BCUT2D eigenvalue weighted by Crippen LogP contribution is 2.32. The number of carbonyl (C=O) groups excluding carboxylic acids is 1. The molecule has 4 rings (SSSR count). The predicted molar refractivity (Wildman–Crippen MR) is 83.8 cm³/mol. The Hall–Kier alpha value is -1.24. The molecular formula is C15H16N2O2S2. The molecule has 0 spiro atoms. The fraction of sp³-hybridized carbons (Fsp3) is 0.467. The van der Waals surface area contributed by atoms with Crippen LogP contribution in [0.25, 0.3) is 9.88 Å². The van der Waals surface area contributed by atoms with Gasteiger partial charge in [0, 0.05) is 11.9 Å². The number of hydrogen-bond acceptors (Lipinski definition) is 5. The average Bonchev–Trinajstić information content (AvgIpc) is 3.23. The largest absolute Gasteiger partial charge is 0.374 e. The van der Waals surface area contributed by atoms with Gasteiger partial charge in [-0.25, -0.2) is 4.98 Å². The SMILES string of the molecule is O=C(c1csc(-c2cccs2)n1)N1CCO[C@H]2CCC[C@@H]21. The van der Waals surface area contributed by atoms with E-state index >= 15 is 0 Å². The highest BCUT2D eigenvalue weighted by atomic mass is 32.1. The van der Waals surface area contributed by atoms with Crippen molar-refractivity contribution in [3.8, 4) is 9.88 Å². The zero-order valence-corrected chi connectivity index (χ0v) is 13.2. The second-order valence-electron chi connectivity index (χ2n) is 5.42. The van der Waals surface area contributed by atoms with Crippen molar-refractivity contribution >= 4 is 28.6 Å². The van der Waals surface area contributed by atoms with Gasteiger partial charge in [0.15, 0.2) is 0 Å². The van der Waals surface area contributed by atoms with E-state index in [0.29, 0.717) is 18.8 Å². The highest BCUT2D eigenvalue weighted by molar-refractivity contribution is 7.20. The molecular weight excluding hydrogens is 304 g/mol. The minimum atomic E-state index is 0.0641. The van der Waals surface area contributed by atoms with E-state index in [1.807, 2.05) is 27.8 Å². The number of thiophene rings is 1. The Kier molecular flexibility index (Phi) is 3.52. The lowest BCUT2D eigenvalue weighted by Gasteiger charge is -2.37. The van der Waals surface area contributed by atoms with Crippen molar-refractivity contribution in [3.05, 3.63) is 28.6 Å². The van der Waals surface area contributed by atoms with Crippen LogP contribution in [-0.2, 0) is 4.74 Å². The van der Waals surface area contributed by atoms with E-state index in [4.69, 9.17) is 4.74 Å². The molecule has 2 aliphatic rings. The molecule has 1 saturated heterocycles. The number of thiazole rings is 1. The standard InChI is InChI=1S/C15H16N2O2S2/c18-15(17-6-7-19-12-4-1-3-11(12)17)10-9-21-14(16-10)13-5-2-8-20-13/h2,5,8-9,11-12H,1,3-4,6-7H2/t11-,12-/m0/s1. The van der Waals surface area contributed by atoms with E-state index < -0.39 is 0 Å². The van der Waals surface area contributed by atoms with Crippen LogP contribution in [0.4, 0.5) is 0 Å². The first-order valence-electron chi connectivity index (χ1n) is 7.25. The normalized spacial score (nSPS) is 25.0. The fourth-order valence-corrected chi connectivity index (χ4v) is 4.82. The lowest BCUT2D eigenvalue weighted by Crippen LogP contribution is -2.51. The molecule has 2 aromatic rings. The summed E-state index contributed by atoms with van der Waals surface area (Å²) in [5.41, 5.74) is 0.580. The number of amides is 1. The molecule has 0 N–H and O–H groups in total. The molecule has 2 atom stereocenters. The monoisotopic (exact) mass is 320 g/mol.